The van der Waals surface area contributed by atoms with E-state index in [1.165, 1.54) is 48.2 Å². The fourth-order valence-corrected chi connectivity index (χ4v) is 2.66. The number of rotatable bonds is 3. The van der Waals surface area contributed by atoms with Gasteiger partial charge in [0.1, 0.15) is 0 Å². The van der Waals surface area contributed by atoms with E-state index in [-0.39, 0.29) is 6.04 Å². The molecule has 0 spiro atoms. The van der Waals surface area contributed by atoms with Gasteiger partial charge >= 0.3 is 0 Å². The molecule has 0 bridgehead atoms. The maximum atomic E-state index is 12.8. The van der Waals surface area contributed by atoms with E-state index in [1.807, 2.05) is 0 Å². The Kier molecular flexibility index (Phi) is 3.20. The second-order valence-electron chi connectivity index (χ2n) is 5.12. The van der Waals surface area contributed by atoms with Crippen LogP contribution in [-0.4, -0.2) is 4.98 Å². The molecule has 3 heteroatoms. The molecule has 1 aliphatic rings. The maximum absolute atomic E-state index is 12.8. The van der Waals surface area contributed by atoms with Crippen LogP contribution in [0.1, 0.15) is 36.1 Å². The van der Waals surface area contributed by atoms with Crippen LogP contribution in [0.25, 0.3) is 0 Å². The summed E-state index contributed by atoms with van der Waals surface area (Å²) in [6.45, 7) is 2.11. The molecule has 1 heterocycles. The normalized spacial score (nSPS) is 15.1. The lowest BCUT2D eigenvalue weighted by Gasteiger charge is -2.16. The molecular formula is C16H17FN2. The highest BCUT2D eigenvalue weighted by Crippen LogP contribution is 2.26. The topological polar surface area (TPSA) is 24.9 Å². The summed E-state index contributed by atoms with van der Waals surface area (Å²) in [4.78, 5) is 3.65. The van der Waals surface area contributed by atoms with Gasteiger partial charge in [-0.05, 0) is 55.0 Å². The summed E-state index contributed by atoms with van der Waals surface area (Å²) < 4.78 is 12.8. The van der Waals surface area contributed by atoms with E-state index in [4.69, 9.17) is 0 Å². The summed E-state index contributed by atoms with van der Waals surface area (Å²) >= 11 is 0. The Labute approximate surface area is 112 Å². The molecule has 0 saturated carbocycles. The predicted octanol–water partition coefficient (Wildman–Crippen LogP) is 3.88. The summed E-state index contributed by atoms with van der Waals surface area (Å²) in [6.07, 6.45) is 5.19. The number of anilines is 1. The van der Waals surface area contributed by atoms with E-state index < -0.39 is 5.95 Å². The molecule has 0 aliphatic heterocycles. The van der Waals surface area contributed by atoms with Crippen molar-refractivity contribution in [3.63, 3.8) is 0 Å². The quantitative estimate of drug-likeness (QED) is 0.843. The van der Waals surface area contributed by atoms with E-state index in [0.29, 0.717) is 0 Å². The van der Waals surface area contributed by atoms with Crippen molar-refractivity contribution in [3.05, 3.63) is 59.2 Å². The Morgan fingerprint density at radius 3 is 2.79 bits per heavy atom. The van der Waals surface area contributed by atoms with Crippen molar-refractivity contribution in [2.75, 3.05) is 5.32 Å². The monoisotopic (exact) mass is 256 g/mol. The smallest absolute Gasteiger partial charge is 0.212 e. The van der Waals surface area contributed by atoms with Crippen LogP contribution in [0.4, 0.5) is 10.1 Å². The number of hydrogen-bond donors (Lipinski definition) is 1. The van der Waals surface area contributed by atoms with Crippen molar-refractivity contribution in [3.8, 4) is 0 Å². The summed E-state index contributed by atoms with van der Waals surface area (Å²) in [5, 5.41) is 3.35. The SMILES string of the molecule is CC(Nc1ccc(F)nc1)c1ccc2c(c1)CCC2. The first-order valence-corrected chi connectivity index (χ1v) is 6.72. The molecule has 0 radical (unpaired) electrons. The molecule has 1 aliphatic carbocycles. The molecule has 0 amide bonds. The first kappa shape index (κ1) is 12.2. The van der Waals surface area contributed by atoms with Crippen LogP contribution >= 0.6 is 0 Å². The highest BCUT2D eigenvalue weighted by Gasteiger charge is 2.13. The van der Waals surface area contributed by atoms with Gasteiger partial charge in [0.05, 0.1) is 11.9 Å². The Morgan fingerprint density at radius 2 is 2.00 bits per heavy atom. The number of nitrogens with zero attached hydrogens (tertiary/aromatic N) is 1. The molecule has 0 saturated heterocycles. The van der Waals surface area contributed by atoms with Crippen LogP contribution in [-0.2, 0) is 12.8 Å². The third kappa shape index (κ3) is 2.60. The van der Waals surface area contributed by atoms with Gasteiger partial charge in [-0.2, -0.15) is 4.39 Å². The van der Waals surface area contributed by atoms with Gasteiger partial charge < -0.3 is 5.32 Å². The molecule has 1 atom stereocenters. The second kappa shape index (κ2) is 5.00. The van der Waals surface area contributed by atoms with E-state index in [1.54, 1.807) is 6.07 Å². The molecule has 98 valence electrons. The zero-order chi connectivity index (χ0) is 13.2. The number of halogens is 1. The van der Waals surface area contributed by atoms with Gasteiger partial charge in [0.25, 0.3) is 0 Å². The molecule has 2 aromatic rings. The zero-order valence-electron chi connectivity index (χ0n) is 11.0. The van der Waals surface area contributed by atoms with Crippen molar-refractivity contribution in [2.24, 2.45) is 0 Å². The highest BCUT2D eigenvalue weighted by atomic mass is 19.1. The van der Waals surface area contributed by atoms with E-state index in [2.05, 4.69) is 35.4 Å². The zero-order valence-corrected chi connectivity index (χ0v) is 11.0. The molecule has 1 unspecified atom stereocenters. The number of nitrogens with one attached hydrogen (secondary N) is 1. The van der Waals surface area contributed by atoms with Crippen molar-refractivity contribution >= 4 is 5.69 Å². The summed E-state index contributed by atoms with van der Waals surface area (Å²) in [7, 11) is 0. The fraction of sp³-hybridized carbons (Fsp3) is 0.312. The minimum absolute atomic E-state index is 0.193. The molecule has 3 rings (SSSR count). The third-order valence-electron chi connectivity index (χ3n) is 3.73. The number of benzene rings is 1. The number of fused-ring (bicyclic) bond motifs is 1. The molecule has 2 nitrogen and oxygen atoms in total. The Morgan fingerprint density at radius 1 is 1.16 bits per heavy atom. The van der Waals surface area contributed by atoms with Gasteiger partial charge in [-0.3, -0.25) is 0 Å². The summed E-state index contributed by atoms with van der Waals surface area (Å²) in [5.41, 5.74) is 5.07. The van der Waals surface area contributed by atoms with Gasteiger partial charge in [0, 0.05) is 6.04 Å². The Balaban J connectivity index is 1.76. The third-order valence-corrected chi connectivity index (χ3v) is 3.73. The Hall–Kier alpha value is -1.90. The number of aromatic nitrogens is 1. The fourth-order valence-electron chi connectivity index (χ4n) is 2.66. The van der Waals surface area contributed by atoms with Gasteiger partial charge in [0.2, 0.25) is 5.95 Å². The van der Waals surface area contributed by atoms with E-state index in [0.717, 1.165) is 5.69 Å². The van der Waals surface area contributed by atoms with Crippen LogP contribution in [0.2, 0.25) is 0 Å². The summed E-state index contributed by atoms with van der Waals surface area (Å²) in [5.74, 6) is -0.448. The van der Waals surface area contributed by atoms with Crippen LogP contribution < -0.4 is 5.32 Å². The molecule has 19 heavy (non-hydrogen) atoms. The lowest BCUT2D eigenvalue weighted by Crippen LogP contribution is -2.07. The average Bonchev–Trinajstić information content (AvgIpc) is 2.88. The largest absolute Gasteiger partial charge is 0.377 e. The number of hydrogen-bond acceptors (Lipinski definition) is 2. The number of pyridine rings is 1. The average molecular weight is 256 g/mol. The van der Waals surface area contributed by atoms with Crippen LogP contribution in [0.15, 0.2) is 36.5 Å². The van der Waals surface area contributed by atoms with Gasteiger partial charge in [-0.25, -0.2) is 4.98 Å². The second-order valence-corrected chi connectivity index (χ2v) is 5.12. The number of aryl methyl sites for hydroxylation is 2. The van der Waals surface area contributed by atoms with Crippen LogP contribution in [0.3, 0.4) is 0 Å². The molecule has 1 aromatic carbocycles. The van der Waals surface area contributed by atoms with Crippen LogP contribution in [0.5, 0.6) is 0 Å². The summed E-state index contributed by atoms with van der Waals surface area (Å²) in [6, 6.07) is 9.98. The van der Waals surface area contributed by atoms with Crippen molar-refractivity contribution in [2.45, 2.75) is 32.2 Å². The lowest BCUT2D eigenvalue weighted by molar-refractivity contribution is 0.584. The van der Waals surface area contributed by atoms with Crippen molar-refractivity contribution in [1.82, 2.24) is 4.98 Å². The first-order chi connectivity index (χ1) is 9.22. The first-order valence-electron chi connectivity index (χ1n) is 6.72. The van der Waals surface area contributed by atoms with Crippen molar-refractivity contribution in [1.29, 1.82) is 0 Å². The molecular weight excluding hydrogens is 239 g/mol. The van der Waals surface area contributed by atoms with Gasteiger partial charge in [0.15, 0.2) is 0 Å². The van der Waals surface area contributed by atoms with E-state index in [9.17, 15) is 4.39 Å². The lowest BCUT2D eigenvalue weighted by atomic mass is 10.0. The van der Waals surface area contributed by atoms with E-state index >= 15 is 0 Å². The predicted molar refractivity (Wildman–Crippen MR) is 74.7 cm³/mol. The van der Waals surface area contributed by atoms with Gasteiger partial charge in [-0.1, -0.05) is 18.2 Å². The minimum Gasteiger partial charge on any atom is -0.377 e. The standard InChI is InChI=1S/C16H17FN2/c1-11(19-15-7-8-16(17)18-10-15)13-6-5-12-3-2-4-14(12)9-13/h5-11,19H,2-4H2,1H3. The molecule has 1 aromatic heterocycles. The minimum atomic E-state index is -0.448. The molecule has 1 N–H and O–H groups in total. The van der Waals surface area contributed by atoms with Crippen LogP contribution in [0, 0.1) is 5.95 Å². The Bertz CT molecular complexity index is 578. The van der Waals surface area contributed by atoms with Gasteiger partial charge in [-0.15, -0.1) is 0 Å². The van der Waals surface area contributed by atoms with Crippen molar-refractivity contribution < 1.29 is 4.39 Å². The highest BCUT2D eigenvalue weighted by molar-refractivity contribution is 5.44. The maximum Gasteiger partial charge on any atom is 0.212 e. The molecule has 0 fully saturated rings.